The minimum absolute atomic E-state index is 1.25. The van der Waals surface area contributed by atoms with Gasteiger partial charge in [0.15, 0.2) is 0 Å². The Bertz CT molecular complexity index is 2510. The molecule has 0 aliphatic heterocycles. The molecular formula is C42H26. The average Bonchev–Trinajstić information content (AvgIpc) is 3.06. The lowest BCUT2D eigenvalue weighted by molar-refractivity contribution is 1.69. The largest absolute Gasteiger partial charge is 0.0616 e. The van der Waals surface area contributed by atoms with Crippen LogP contribution < -0.4 is 0 Å². The molecule has 0 heteroatoms. The topological polar surface area (TPSA) is 0 Å². The molecule has 0 N–H and O–H groups in total. The van der Waals surface area contributed by atoms with Crippen LogP contribution in [-0.2, 0) is 0 Å². The minimum atomic E-state index is 1.25. The summed E-state index contributed by atoms with van der Waals surface area (Å²) in [6.07, 6.45) is 0. The van der Waals surface area contributed by atoms with Gasteiger partial charge >= 0.3 is 0 Å². The third-order valence-corrected chi connectivity index (χ3v) is 8.99. The van der Waals surface area contributed by atoms with E-state index in [1.807, 2.05) is 0 Å². The molecule has 0 aliphatic rings. The molecule has 0 unspecified atom stereocenters. The molecule has 0 aromatic heterocycles. The van der Waals surface area contributed by atoms with Gasteiger partial charge in [0.05, 0.1) is 0 Å². The van der Waals surface area contributed by atoms with Crippen molar-refractivity contribution >= 4 is 64.6 Å². The van der Waals surface area contributed by atoms with E-state index in [2.05, 4.69) is 158 Å². The first-order valence-electron chi connectivity index (χ1n) is 14.6. The molecule has 0 radical (unpaired) electrons. The predicted molar refractivity (Wildman–Crippen MR) is 182 cm³/mol. The van der Waals surface area contributed by atoms with Gasteiger partial charge in [-0.25, -0.2) is 0 Å². The molecule has 9 aromatic rings. The molecule has 0 amide bonds. The lowest BCUT2D eigenvalue weighted by Gasteiger charge is -2.20. The molecule has 0 atom stereocenters. The van der Waals surface area contributed by atoms with Crippen molar-refractivity contribution in [3.05, 3.63) is 158 Å². The Morgan fingerprint density at radius 1 is 0.238 bits per heavy atom. The predicted octanol–water partition coefficient (Wildman–Crippen LogP) is 11.9. The van der Waals surface area contributed by atoms with E-state index in [1.165, 1.54) is 86.9 Å². The highest BCUT2D eigenvalue weighted by Gasteiger charge is 2.19. The Morgan fingerprint density at radius 2 is 0.714 bits per heavy atom. The molecule has 0 heterocycles. The van der Waals surface area contributed by atoms with Crippen molar-refractivity contribution in [2.75, 3.05) is 0 Å². The Labute approximate surface area is 244 Å². The van der Waals surface area contributed by atoms with Gasteiger partial charge in [-0.2, -0.15) is 0 Å². The number of fused-ring (bicyclic) bond motifs is 8. The van der Waals surface area contributed by atoms with Crippen LogP contribution in [0.25, 0.3) is 86.9 Å². The smallest absolute Gasteiger partial charge is 0.00141 e. The van der Waals surface area contributed by atoms with E-state index in [0.29, 0.717) is 0 Å². The van der Waals surface area contributed by atoms with Gasteiger partial charge in [0.2, 0.25) is 0 Å². The third-order valence-electron chi connectivity index (χ3n) is 8.99. The summed E-state index contributed by atoms with van der Waals surface area (Å²) < 4.78 is 0. The van der Waals surface area contributed by atoms with Crippen LogP contribution in [-0.4, -0.2) is 0 Å². The highest BCUT2D eigenvalue weighted by Crippen LogP contribution is 2.47. The molecule has 9 rings (SSSR count). The van der Waals surface area contributed by atoms with Crippen LogP contribution >= 0.6 is 0 Å². The summed E-state index contributed by atoms with van der Waals surface area (Å²) in [5.74, 6) is 0. The van der Waals surface area contributed by atoms with E-state index in [9.17, 15) is 0 Å². The average molecular weight is 531 g/mol. The van der Waals surface area contributed by atoms with Gasteiger partial charge in [-0.15, -0.1) is 0 Å². The maximum Gasteiger partial charge on any atom is -0.00141 e. The third kappa shape index (κ3) is 3.42. The summed E-state index contributed by atoms with van der Waals surface area (Å²) in [5.41, 5.74) is 5.10. The van der Waals surface area contributed by atoms with Gasteiger partial charge in [0.25, 0.3) is 0 Å². The molecule has 9 aromatic carbocycles. The number of benzene rings is 9. The molecule has 0 spiro atoms. The van der Waals surface area contributed by atoms with Crippen molar-refractivity contribution in [2.24, 2.45) is 0 Å². The van der Waals surface area contributed by atoms with Gasteiger partial charge < -0.3 is 0 Å². The summed E-state index contributed by atoms with van der Waals surface area (Å²) in [6.45, 7) is 0. The highest BCUT2D eigenvalue weighted by molar-refractivity contribution is 6.28. The van der Waals surface area contributed by atoms with Crippen molar-refractivity contribution in [2.45, 2.75) is 0 Å². The van der Waals surface area contributed by atoms with Gasteiger partial charge in [-0.05, 0) is 99.0 Å². The van der Waals surface area contributed by atoms with E-state index in [-0.39, 0.29) is 0 Å². The Balaban J connectivity index is 1.47. The van der Waals surface area contributed by atoms with Crippen LogP contribution in [0.3, 0.4) is 0 Å². The van der Waals surface area contributed by atoms with Crippen LogP contribution in [0.5, 0.6) is 0 Å². The summed E-state index contributed by atoms with van der Waals surface area (Å²) in [6, 6.07) is 58.2. The van der Waals surface area contributed by atoms with Crippen LogP contribution in [0.15, 0.2) is 158 Å². The summed E-state index contributed by atoms with van der Waals surface area (Å²) in [4.78, 5) is 0. The van der Waals surface area contributed by atoms with Gasteiger partial charge in [-0.3, -0.25) is 0 Å². The Kier molecular flexibility index (Phi) is 5.00. The Hall–Kier alpha value is -5.46. The normalized spacial score (nSPS) is 11.8. The van der Waals surface area contributed by atoms with E-state index < -0.39 is 0 Å². The lowest BCUT2D eigenvalue weighted by atomic mass is 9.83. The molecule has 0 fully saturated rings. The van der Waals surface area contributed by atoms with Gasteiger partial charge in [0.1, 0.15) is 0 Å². The van der Waals surface area contributed by atoms with Crippen molar-refractivity contribution in [3.63, 3.8) is 0 Å². The second-order valence-corrected chi connectivity index (χ2v) is 11.3. The molecule has 42 heavy (non-hydrogen) atoms. The zero-order valence-corrected chi connectivity index (χ0v) is 23.0. The monoisotopic (exact) mass is 530 g/mol. The maximum absolute atomic E-state index is 2.41. The van der Waals surface area contributed by atoms with Crippen LogP contribution in [0.2, 0.25) is 0 Å². The fourth-order valence-corrected chi connectivity index (χ4v) is 7.06. The van der Waals surface area contributed by atoms with Crippen LogP contribution in [0.1, 0.15) is 0 Å². The molecule has 0 saturated carbocycles. The fourth-order valence-electron chi connectivity index (χ4n) is 7.06. The van der Waals surface area contributed by atoms with E-state index >= 15 is 0 Å². The number of hydrogen-bond acceptors (Lipinski definition) is 0. The van der Waals surface area contributed by atoms with Crippen molar-refractivity contribution in [3.8, 4) is 22.3 Å². The molecular weight excluding hydrogens is 504 g/mol. The molecule has 0 aliphatic carbocycles. The SMILES string of the molecule is c1ccc2cc(-c3c4ccccc4c(-c4ccc5ccc6ccccc6c5c4)c4c3ccc3ccccc34)ccc2c1. The fraction of sp³-hybridized carbons (Fsp3) is 0. The van der Waals surface area contributed by atoms with Crippen molar-refractivity contribution in [1.29, 1.82) is 0 Å². The summed E-state index contributed by atoms with van der Waals surface area (Å²) >= 11 is 0. The maximum atomic E-state index is 2.41. The quantitative estimate of drug-likeness (QED) is 0.154. The Morgan fingerprint density at radius 3 is 1.48 bits per heavy atom. The molecule has 0 bridgehead atoms. The van der Waals surface area contributed by atoms with E-state index in [1.54, 1.807) is 0 Å². The lowest BCUT2D eigenvalue weighted by Crippen LogP contribution is -1.92. The molecule has 194 valence electrons. The number of hydrogen-bond donors (Lipinski definition) is 0. The first-order chi connectivity index (χ1) is 20.8. The van der Waals surface area contributed by atoms with Crippen molar-refractivity contribution in [1.82, 2.24) is 0 Å². The van der Waals surface area contributed by atoms with Gasteiger partial charge in [-0.1, -0.05) is 146 Å². The molecule has 0 nitrogen and oxygen atoms in total. The second-order valence-electron chi connectivity index (χ2n) is 11.3. The van der Waals surface area contributed by atoms with Crippen molar-refractivity contribution < 1.29 is 0 Å². The molecule has 0 saturated heterocycles. The van der Waals surface area contributed by atoms with Crippen LogP contribution in [0.4, 0.5) is 0 Å². The summed E-state index contributed by atoms with van der Waals surface area (Å²) in [5, 5.41) is 15.4. The van der Waals surface area contributed by atoms with Crippen LogP contribution in [0, 0.1) is 0 Å². The standard InChI is InChI=1S/C42H26/c1-2-12-31-25-32(21-17-27(31)9-1)40-36-15-7-8-16-37(36)41(42-35-14-6-4-11-29(35)23-24-38(40)42)33-22-20-30-19-18-28-10-3-5-13-34(28)39(30)26-33/h1-26H. The van der Waals surface area contributed by atoms with E-state index in [4.69, 9.17) is 0 Å². The van der Waals surface area contributed by atoms with E-state index in [0.717, 1.165) is 0 Å². The first-order valence-corrected chi connectivity index (χ1v) is 14.6. The number of rotatable bonds is 2. The first kappa shape index (κ1) is 23.3. The summed E-state index contributed by atoms with van der Waals surface area (Å²) in [7, 11) is 0. The second kappa shape index (κ2) is 9.03. The van der Waals surface area contributed by atoms with Gasteiger partial charge in [0, 0.05) is 0 Å². The zero-order valence-electron chi connectivity index (χ0n) is 23.0. The minimum Gasteiger partial charge on any atom is -0.0616 e. The highest BCUT2D eigenvalue weighted by atomic mass is 14.2. The zero-order chi connectivity index (χ0) is 27.6.